The molecule has 0 aliphatic heterocycles. The van der Waals surface area contributed by atoms with Crippen LogP contribution in [0.1, 0.15) is 27.7 Å². The van der Waals surface area contributed by atoms with E-state index in [-0.39, 0.29) is 24.9 Å². The fourth-order valence-corrected chi connectivity index (χ4v) is 1.20. The average Bonchev–Trinajstić information content (AvgIpc) is 2.66. The number of aliphatic hydroxyl groups excluding tert-OH is 2. The van der Waals surface area contributed by atoms with Crippen LogP contribution in [0.3, 0.4) is 0 Å². The fraction of sp³-hybridized carbons (Fsp3) is 0.875. The van der Waals surface area contributed by atoms with E-state index < -0.39 is 24.1 Å². The third kappa shape index (κ3) is 19.4. The van der Waals surface area contributed by atoms with E-state index in [1.807, 2.05) is 27.7 Å². The number of nitrogens with one attached hydrogen (secondary N) is 2. The molecule has 0 aliphatic rings. The van der Waals surface area contributed by atoms with Gasteiger partial charge < -0.3 is 39.4 Å². The van der Waals surface area contributed by atoms with Crippen molar-refractivity contribution in [1.29, 1.82) is 0 Å². The second kappa shape index (κ2) is 19.0. The van der Waals surface area contributed by atoms with Crippen LogP contribution in [0.15, 0.2) is 0 Å². The van der Waals surface area contributed by atoms with Gasteiger partial charge in [-0.05, 0) is 27.7 Å². The van der Waals surface area contributed by atoms with E-state index in [0.29, 0.717) is 0 Å². The van der Waals surface area contributed by atoms with Crippen LogP contribution in [0.25, 0.3) is 0 Å². The standard InChI is InChI=1S/2C6H15NO2.C4H6O6/c2*1-5(8-3)7-6(2)9-4;5-1(3(7)8)2(6)4(9)10/h2*5-7H,1-4H3;1-2,5-6H,(H,7,8)(H,9,10). The molecule has 0 fully saturated rings. The van der Waals surface area contributed by atoms with Crippen LogP contribution in [-0.2, 0) is 28.5 Å². The molecule has 12 heteroatoms. The predicted molar refractivity (Wildman–Crippen MR) is 99.4 cm³/mol. The molecule has 0 saturated carbocycles. The molecule has 0 aliphatic carbocycles. The number of carbonyl (C=O) groups is 2. The highest BCUT2D eigenvalue weighted by molar-refractivity contribution is 5.83. The molecule has 0 heterocycles. The molecule has 0 aromatic carbocycles. The average molecular weight is 416 g/mol. The minimum Gasteiger partial charge on any atom is -0.479 e. The Morgan fingerprint density at radius 1 is 0.607 bits per heavy atom. The molecular formula is C16H36N2O10. The maximum atomic E-state index is 9.77. The highest BCUT2D eigenvalue weighted by atomic mass is 16.5. The Kier molecular flexibility index (Phi) is 21.2. The van der Waals surface area contributed by atoms with Gasteiger partial charge in [0.1, 0.15) is 24.9 Å². The first-order chi connectivity index (χ1) is 12.9. The van der Waals surface area contributed by atoms with Crippen LogP contribution in [0.2, 0.25) is 0 Å². The Labute approximate surface area is 165 Å². The highest BCUT2D eigenvalue weighted by Gasteiger charge is 2.29. The quantitative estimate of drug-likeness (QED) is 0.227. The number of hydrogen-bond acceptors (Lipinski definition) is 10. The number of aliphatic hydroxyl groups is 2. The minimum atomic E-state index is -2.27. The Hall–Kier alpha value is -1.38. The molecule has 0 aromatic rings. The first-order valence-corrected chi connectivity index (χ1v) is 8.32. The molecule has 170 valence electrons. The van der Waals surface area contributed by atoms with Crippen LogP contribution in [0.4, 0.5) is 0 Å². The maximum Gasteiger partial charge on any atom is 0.335 e. The van der Waals surface area contributed by atoms with Gasteiger partial charge in [-0.1, -0.05) is 0 Å². The summed E-state index contributed by atoms with van der Waals surface area (Å²) in [6, 6.07) is 0. The topological polar surface area (TPSA) is 176 Å². The number of aliphatic carboxylic acids is 2. The van der Waals surface area contributed by atoms with Gasteiger partial charge in [0.2, 0.25) is 0 Å². The SMILES string of the molecule is COC(C)NC(C)OC.COC(C)NC(C)OC.O=C(O)C(O)C(O)C(=O)O. The van der Waals surface area contributed by atoms with Crippen molar-refractivity contribution < 1.29 is 49.0 Å². The van der Waals surface area contributed by atoms with Crippen molar-refractivity contribution in [2.75, 3.05) is 28.4 Å². The lowest BCUT2D eigenvalue weighted by atomic mass is 10.2. The molecule has 28 heavy (non-hydrogen) atoms. The molecule has 0 bridgehead atoms. The number of carboxylic acids is 2. The van der Waals surface area contributed by atoms with E-state index in [4.69, 9.17) is 39.4 Å². The summed E-state index contributed by atoms with van der Waals surface area (Å²) in [4.78, 5) is 19.5. The highest BCUT2D eigenvalue weighted by Crippen LogP contribution is 1.92. The number of rotatable bonds is 11. The summed E-state index contributed by atoms with van der Waals surface area (Å²) in [5.74, 6) is -3.54. The lowest BCUT2D eigenvalue weighted by Gasteiger charge is -2.16. The van der Waals surface area contributed by atoms with Gasteiger partial charge in [0, 0.05) is 28.4 Å². The van der Waals surface area contributed by atoms with E-state index in [1.54, 1.807) is 28.4 Å². The lowest BCUT2D eigenvalue weighted by Crippen LogP contribution is -2.39. The molecule has 0 radical (unpaired) electrons. The monoisotopic (exact) mass is 416 g/mol. The summed E-state index contributed by atoms with van der Waals surface area (Å²) in [7, 11) is 6.61. The van der Waals surface area contributed by atoms with Gasteiger partial charge in [0.05, 0.1) is 0 Å². The van der Waals surface area contributed by atoms with Crippen molar-refractivity contribution in [3.8, 4) is 0 Å². The zero-order valence-electron chi connectivity index (χ0n) is 17.7. The maximum absolute atomic E-state index is 9.77. The molecular weight excluding hydrogens is 380 g/mol. The van der Waals surface area contributed by atoms with E-state index in [1.165, 1.54) is 0 Å². The molecule has 6 atom stereocenters. The molecule has 0 saturated heterocycles. The number of methoxy groups -OCH3 is 4. The number of hydrogen-bond donors (Lipinski definition) is 6. The summed E-state index contributed by atoms with van der Waals surface area (Å²) in [5.41, 5.74) is 0. The molecule has 6 N–H and O–H groups in total. The predicted octanol–water partition coefficient (Wildman–Crippen LogP) is -1.00. The third-order valence-electron chi connectivity index (χ3n) is 3.16. The van der Waals surface area contributed by atoms with Crippen LogP contribution in [-0.4, -0.2) is 97.9 Å². The molecule has 0 amide bonds. The summed E-state index contributed by atoms with van der Waals surface area (Å²) in [5, 5.41) is 38.6. The molecule has 0 spiro atoms. The van der Waals surface area contributed by atoms with Crippen LogP contribution < -0.4 is 10.6 Å². The summed E-state index contributed by atoms with van der Waals surface area (Å²) in [6.07, 6.45) is -4.31. The van der Waals surface area contributed by atoms with Crippen molar-refractivity contribution in [1.82, 2.24) is 10.6 Å². The Morgan fingerprint density at radius 3 is 0.893 bits per heavy atom. The zero-order chi connectivity index (χ0) is 22.9. The smallest absolute Gasteiger partial charge is 0.335 e. The second-order valence-corrected chi connectivity index (χ2v) is 5.41. The third-order valence-corrected chi connectivity index (χ3v) is 3.16. The molecule has 6 unspecified atom stereocenters. The Bertz CT molecular complexity index is 348. The van der Waals surface area contributed by atoms with Crippen molar-refractivity contribution in [3.63, 3.8) is 0 Å². The summed E-state index contributed by atoms with van der Waals surface area (Å²) >= 11 is 0. The first kappa shape index (κ1) is 31.3. The Morgan fingerprint density at radius 2 is 0.786 bits per heavy atom. The zero-order valence-corrected chi connectivity index (χ0v) is 17.7. The van der Waals surface area contributed by atoms with E-state index in [0.717, 1.165) is 0 Å². The van der Waals surface area contributed by atoms with E-state index in [9.17, 15) is 9.59 Å². The largest absolute Gasteiger partial charge is 0.479 e. The Balaban J connectivity index is -0.000000336. The van der Waals surface area contributed by atoms with Crippen LogP contribution in [0, 0.1) is 0 Å². The lowest BCUT2D eigenvalue weighted by molar-refractivity contribution is -0.165. The normalized spacial score (nSPS) is 16.8. The molecule has 0 aromatic heterocycles. The van der Waals surface area contributed by atoms with E-state index >= 15 is 0 Å². The summed E-state index contributed by atoms with van der Waals surface area (Å²) in [6.45, 7) is 7.70. The minimum absolute atomic E-state index is 0.0555. The summed E-state index contributed by atoms with van der Waals surface area (Å²) < 4.78 is 19.7. The van der Waals surface area contributed by atoms with Crippen molar-refractivity contribution in [2.45, 2.75) is 64.8 Å². The fourth-order valence-electron chi connectivity index (χ4n) is 1.20. The van der Waals surface area contributed by atoms with Crippen LogP contribution >= 0.6 is 0 Å². The van der Waals surface area contributed by atoms with Crippen molar-refractivity contribution in [3.05, 3.63) is 0 Å². The number of ether oxygens (including phenoxy) is 4. The van der Waals surface area contributed by atoms with Gasteiger partial charge in [-0.3, -0.25) is 10.6 Å². The van der Waals surface area contributed by atoms with Gasteiger partial charge >= 0.3 is 11.9 Å². The van der Waals surface area contributed by atoms with Gasteiger partial charge in [-0.15, -0.1) is 0 Å². The van der Waals surface area contributed by atoms with Gasteiger partial charge in [-0.2, -0.15) is 0 Å². The van der Waals surface area contributed by atoms with Gasteiger partial charge in [0.15, 0.2) is 12.2 Å². The first-order valence-electron chi connectivity index (χ1n) is 8.32. The molecule has 12 nitrogen and oxygen atoms in total. The van der Waals surface area contributed by atoms with Gasteiger partial charge in [-0.25, -0.2) is 9.59 Å². The van der Waals surface area contributed by atoms with Gasteiger partial charge in [0.25, 0.3) is 0 Å². The second-order valence-electron chi connectivity index (χ2n) is 5.41. The van der Waals surface area contributed by atoms with Crippen molar-refractivity contribution >= 4 is 11.9 Å². The van der Waals surface area contributed by atoms with Crippen molar-refractivity contribution in [2.24, 2.45) is 0 Å². The van der Waals surface area contributed by atoms with Crippen LogP contribution in [0.5, 0.6) is 0 Å². The number of carboxylic acid groups (broad SMARTS) is 2. The van der Waals surface area contributed by atoms with E-state index in [2.05, 4.69) is 10.6 Å². The molecule has 0 rings (SSSR count).